The molecular weight excluding hydrogens is 420 g/mol. The summed E-state index contributed by atoms with van der Waals surface area (Å²) in [5.41, 5.74) is 3.40. The van der Waals surface area contributed by atoms with E-state index in [2.05, 4.69) is 16.4 Å². The summed E-state index contributed by atoms with van der Waals surface area (Å²) in [6, 6.07) is 11.1. The Bertz CT molecular complexity index is 982. The minimum Gasteiger partial charge on any atom is -0.493 e. The SMILES string of the molecule is C/C(=C(/C#N)NC(C)C)c1cc(OCC2CCC2)cc(-c2ccc(C(C)(F)F)nc2)c1.CC. The molecule has 1 aliphatic carbocycles. The number of rotatable bonds is 8. The fourth-order valence-corrected chi connectivity index (χ4v) is 3.42. The van der Waals surface area contributed by atoms with Crippen LogP contribution in [0.3, 0.4) is 0 Å². The number of aromatic nitrogens is 1. The maximum Gasteiger partial charge on any atom is 0.286 e. The summed E-state index contributed by atoms with van der Waals surface area (Å²) in [5.74, 6) is -1.71. The summed E-state index contributed by atoms with van der Waals surface area (Å²) in [5, 5.41) is 12.8. The Morgan fingerprint density at radius 3 is 2.39 bits per heavy atom. The number of nitrogens with zero attached hydrogens (tertiary/aromatic N) is 2. The van der Waals surface area contributed by atoms with Gasteiger partial charge in [0.05, 0.1) is 6.61 Å². The van der Waals surface area contributed by atoms with Crippen molar-refractivity contribution in [1.29, 1.82) is 5.26 Å². The lowest BCUT2D eigenvalue weighted by Gasteiger charge is -2.25. The number of nitrogens with one attached hydrogen (secondary N) is 1. The van der Waals surface area contributed by atoms with E-state index in [9.17, 15) is 14.0 Å². The van der Waals surface area contributed by atoms with Crippen molar-refractivity contribution in [3.63, 3.8) is 0 Å². The number of allylic oxidation sites excluding steroid dienone is 2. The van der Waals surface area contributed by atoms with Gasteiger partial charge in [0.15, 0.2) is 0 Å². The van der Waals surface area contributed by atoms with Gasteiger partial charge in [-0.05, 0) is 80.5 Å². The van der Waals surface area contributed by atoms with Gasteiger partial charge in [0, 0.05) is 24.7 Å². The molecule has 1 saturated carbocycles. The van der Waals surface area contributed by atoms with Crippen LogP contribution in [0.25, 0.3) is 16.7 Å². The van der Waals surface area contributed by atoms with E-state index in [0.29, 0.717) is 29.5 Å². The molecule has 0 saturated heterocycles. The molecule has 33 heavy (non-hydrogen) atoms. The molecule has 6 heteroatoms. The third kappa shape index (κ3) is 7.28. The first-order valence-corrected chi connectivity index (χ1v) is 11.7. The second-order valence-electron chi connectivity index (χ2n) is 8.59. The fourth-order valence-electron chi connectivity index (χ4n) is 3.42. The Balaban J connectivity index is 0.00000187. The highest BCUT2D eigenvalue weighted by molar-refractivity contribution is 5.76. The molecule has 0 spiro atoms. The molecule has 1 aromatic heterocycles. The molecule has 1 heterocycles. The van der Waals surface area contributed by atoms with Gasteiger partial charge in [-0.3, -0.25) is 4.98 Å². The summed E-state index contributed by atoms with van der Waals surface area (Å²) in [4.78, 5) is 3.95. The highest BCUT2D eigenvalue weighted by Gasteiger charge is 2.25. The van der Waals surface area contributed by atoms with Crippen LogP contribution in [0.1, 0.15) is 72.1 Å². The van der Waals surface area contributed by atoms with E-state index in [0.717, 1.165) is 23.6 Å². The third-order valence-corrected chi connectivity index (χ3v) is 5.52. The van der Waals surface area contributed by atoms with Gasteiger partial charge in [0.1, 0.15) is 23.2 Å². The molecule has 0 atom stereocenters. The number of halogens is 2. The van der Waals surface area contributed by atoms with Crippen LogP contribution >= 0.6 is 0 Å². The second kappa shape index (κ2) is 11.8. The highest BCUT2D eigenvalue weighted by atomic mass is 19.3. The van der Waals surface area contributed by atoms with E-state index in [1.807, 2.05) is 52.8 Å². The summed E-state index contributed by atoms with van der Waals surface area (Å²) in [7, 11) is 0. The molecule has 3 rings (SSSR count). The molecule has 1 fully saturated rings. The Morgan fingerprint density at radius 2 is 1.91 bits per heavy atom. The van der Waals surface area contributed by atoms with Crippen LogP contribution in [0.15, 0.2) is 42.2 Å². The number of hydrogen-bond acceptors (Lipinski definition) is 4. The lowest BCUT2D eigenvalue weighted by molar-refractivity contribution is 0.0128. The molecule has 1 N–H and O–H groups in total. The van der Waals surface area contributed by atoms with Crippen LogP contribution in [0.4, 0.5) is 8.78 Å². The van der Waals surface area contributed by atoms with E-state index in [-0.39, 0.29) is 11.7 Å². The van der Waals surface area contributed by atoms with Crippen LogP contribution in [0.5, 0.6) is 5.75 Å². The molecule has 0 unspecified atom stereocenters. The topological polar surface area (TPSA) is 57.9 Å². The quantitative estimate of drug-likeness (QED) is 0.424. The predicted octanol–water partition coefficient (Wildman–Crippen LogP) is 7.32. The lowest BCUT2D eigenvalue weighted by atomic mass is 9.86. The minimum atomic E-state index is -2.99. The summed E-state index contributed by atoms with van der Waals surface area (Å²) in [6.45, 7) is 11.3. The summed E-state index contributed by atoms with van der Waals surface area (Å²) >= 11 is 0. The van der Waals surface area contributed by atoms with Crippen molar-refractivity contribution >= 4 is 5.57 Å². The largest absolute Gasteiger partial charge is 0.493 e. The molecule has 4 nitrogen and oxygen atoms in total. The highest BCUT2D eigenvalue weighted by Crippen LogP contribution is 2.33. The lowest BCUT2D eigenvalue weighted by Crippen LogP contribution is -2.22. The molecular formula is C27H35F2N3O. The van der Waals surface area contributed by atoms with Crippen molar-refractivity contribution in [2.45, 2.75) is 72.8 Å². The van der Waals surface area contributed by atoms with Crippen LogP contribution < -0.4 is 10.1 Å². The normalized spacial score (nSPS) is 14.4. The number of nitriles is 1. The van der Waals surface area contributed by atoms with E-state index in [1.165, 1.54) is 31.5 Å². The molecule has 0 bridgehead atoms. The first kappa shape index (κ1) is 26.3. The average molecular weight is 456 g/mol. The van der Waals surface area contributed by atoms with Gasteiger partial charge in [0.25, 0.3) is 5.92 Å². The van der Waals surface area contributed by atoms with Gasteiger partial charge in [-0.25, -0.2) is 0 Å². The van der Waals surface area contributed by atoms with Crippen LogP contribution in [0.2, 0.25) is 0 Å². The number of benzene rings is 1. The standard InChI is InChI=1S/C25H29F2N3O.C2H6/c1-16(2)30-23(13-28)17(3)20-10-21(12-22(11-20)31-15-18-6-5-7-18)19-8-9-24(29-14-19)25(4,26)27;1-2/h8-12,14,16,18,30H,5-7,15H2,1-4H3;1-2H3/b23-17+;. The van der Waals surface area contributed by atoms with Gasteiger partial charge < -0.3 is 10.1 Å². The van der Waals surface area contributed by atoms with Crippen molar-refractivity contribution in [3.8, 4) is 22.9 Å². The smallest absolute Gasteiger partial charge is 0.286 e. The number of pyridine rings is 1. The Kier molecular flexibility index (Phi) is 9.40. The maximum atomic E-state index is 13.5. The minimum absolute atomic E-state index is 0.120. The van der Waals surface area contributed by atoms with Crippen molar-refractivity contribution in [3.05, 3.63) is 53.5 Å². The number of alkyl halides is 2. The van der Waals surface area contributed by atoms with Crippen molar-refractivity contribution in [1.82, 2.24) is 10.3 Å². The number of ether oxygens (including phenoxy) is 1. The van der Waals surface area contributed by atoms with Crippen molar-refractivity contribution in [2.75, 3.05) is 6.61 Å². The second-order valence-corrected chi connectivity index (χ2v) is 8.59. The van der Waals surface area contributed by atoms with E-state index in [1.54, 1.807) is 6.07 Å². The number of hydrogen-bond donors (Lipinski definition) is 1. The molecule has 178 valence electrons. The van der Waals surface area contributed by atoms with Gasteiger partial charge in [0.2, 0.25) is 0 Å². The fraction of sp³-hybridized carbons (Fsp3) is 0.481. The monoisotopic (exact) mass is 455 g/mol. The molecule has 0 amide bonds. The zero-order valence-electron chi connectivity index (χ0n) is 20.5. The molecule has 0 aliphatic heterocycles. The molecule has 2 aromatic rings. The molecule has 1 aromatic carbocycles. The Labute approximate surface area is 196 Å². The van der Waals surface area contributed by atoms with E-state index >= 15 is 0 Å². The Morgan fingerprint density at radius 1 is 1.21 bits per heavy atom. The van der Waals surface area contributed by atoms with Gasteiger partial charge in [-0.15, -0.1) is 0 Å². The van der Waals surface area contributed by atoms with Crippen LogP contribution in [-0.4, -0.2) is 17.6 Å². The molecule has 0 radical (unpaired) electrons. The first-order chi connectivity index (χ1) is 15.7. The zero-order chi connectivity index (χ0) is 24.6. The van der Waals surface area contributed by atoms with E-state index in [4.69, 9.17) is 4.74 Å². The summed E-state index contributed by atoms with van der Waals surface area (Å²) < 4.78 is 33.2. The maximum absolute atomic E-state index is 13.5. The van der Waals surface area contributed by atoms with E-state index < -0.39 is 5.92 Å². The third-order valence-electron chi connectivity index (χ3n) is 5.52. The molecule has 1 aliphatic rings. The van der Waals surface area contributed by atoms with Crippen molar-refractivity contribution in [2.24, 2.45) is 5.92 Å². The van der Waals surface area contributed by atoms with Crippen molar-refractivity contribution < 1.29 is 13.5 Å². The summed E-state index contributed by atoms with van der Waals surface area (Å²) in [6.07, 6.45) is 5.06. The Hall–Kier alpha value is -2.94. The van der Waals surface area contributed by atoms with Crippen LogP contribution in [0, 0.1) is 17.2 Å². The zero-order valence-corrected chi connectivity index (χ0v) is 20.5. The predicted molar refractivity (Wildman–Crippen MR) is 130 cm³/mol. The van der Waals surface area contributed by atoms with Gasteiger partial charge in [-0.1, -0.05) is 26.3 Å². The van der Waals surface area contributed by atoms with Gasteiger partial charge in [-0.2, -0.15) is 14.0 Å². The first-order valence-electron chi connectivity index (χ1n) is 11.7. The average Bonchev–Trinajstić information content (AvgIpc) is 2.76. The van der Waals surface area contributed by atoms with Gasteiger partial charge >= 0.3 is 0 Å². The van der Waals surface area contributed by atoms with Crippen LogP contribution in [-0.2, 0) is 5.92 Å².